The molecule has 1 aliphatic heterocycles. The Morgan fingerprint density at radius 2 is 2.00 bits per heavy atom. The van der Waals surface area contributed by atoms with E-state index >= 15 is 0 Å². The molecule has 6 nitrogen and oxygen atoms in total. The fraction of sp³-hybridized carbons (Fsp3) is 0.611. The van der Waals surface area contributed by atoms with E-state index in [2.05, 4.69) is 14.9 Å². The molecule has 1 saturated carbocycles. The van der Waals surface area contributed by atoms with Crippen LogP contribution in [-0.4, -0.2) is 47.0 Å². The van der Waals surface area contributed by atoms with Crippen LogP contribution in [0.3, 0.4) is 0 Å². The van der Waals surface area contributed by atoms with Crippen LogP contribution in [0.5, 0.6) is 0 Å². The predicted octanol–water partition coefficient (Wildman–Crippen LogP) is 2.84. The summed E-state index contributed by atoms with van der Waals surface area (Å²) in [7, 11) is 0. The minimum atomic E-state index is 0.306. The van der Waals surface area contributed by atoms with Crippen LogP contribution < -0.4 is 4.90 Å². The molecule has 0 radical (unpaired) electrons. The van der Waals surface area contributed by atoms with Crippen molar-refractivity contribution in [3.63, 3.8) is 0 Å². The van der Waals surface area contributed by atoms with Gasteiger partial charge in [0.2, 0.25) is 11.6 Å². The molecule has 3 heterocycles. The van der Waals surface area contributed by atoms with Crippen molar-refractivity contribution in [2.75, 3.05) is 31.1 Å². The quantitative estimate of drug-likeness (QED) is 0.863. The second-order valence-electron chi connectivity index (χ2n) is 6.88. The molecule has 4 rings (SSSR count). The lowest BCUT2D eigenvalue weighted by molar-refractivity contribution is -0.131. The van der Waals surface area contributed by atoms with Gasteiger partial charge in [0, 0.05) is 38.8 Å². The van der Waals surface area contributed by atoms with Gasteiger partial charge in [0.1, 0.15) is 0 Å². The van der Waals surface area contributed by atoms with Gasteiger partial charge in [-0.1, -0.05) is 25.7 Å². The summed E-state index contributed by atoms with van der Waals surface area (Å²) in [5.74, 6) is 1.09. The molecule has 1 aliphatic carbocycles. The van der Waals surface area contributed by atoms with Gasteiger partial charge in [0.05, 0.1) is 0 Å². The average molecular weight is 328 g/mol. The van der Waals surface area contributed by atoms with Gasteiger partial charge in [-0.05, 0) is 24.5 Å². The van der Waals surface area contributed by atoms with Crippen LogP contribution in [0.25, 0.3) is 11.2 Å². The summed E-state index contributed by atoms with van der Waals surface area (Å²) in [5, 5.41) is 0. The summed E-state index contributed by atoms with van der Waals surface area (Å²) in [6.45, 7) is 3.02. The highest BCUT2D eigenvalue weighted by molar-refractivity contribution is 5.76. The van der Waals surface area contributed by atoms with Gasteiger partial charge in [0.15, 0.2) is 5.58 Å². The number of pyridine rings is 1. The van der Waals surface area contributed by atoms with E-state index in [4.69, 9.17) is 4.42 Å². The first kappa shape index (κ1) is 15.4. The van der Waals surface area contributed by atoms with Crippen LogP contribution in [0.1, 0.15) is 38.5 Å². The molecule has 0 bridgehead atoms. The second kappa shape index (κ2) is 6.79. The van der Waals surface area contributed by atoms with Crippen LogP contribution >= 0.6 is 0 Å². The van der Waals surface area contributed by atoms with E-state index in [1.807, 2.05) is 17.0 Å². The van der Waals surface area contributed by atoms with Crippen molar-refractivity contribution in [2.24, 2.45) is 5.92 Å². The molecule has 6 heteroatoms. The molecule has 24 heavy (non-hydrogen) atoms. The van der Waals surface area contributed by atoms with Crippen molar-refractivity contribution in [3.05, 3.63) is 18.3 Å². The highest BCUT2D eigenvalue weighted by Crippen LogP contribution is 2.29. The Bertz CT molecular complexity index is 667. The zero-order valence-electron chi connectivity index (χ0n) is 14.0. The normalized spacial score (nSPS) is 19.3. The lowest BCUT2D eigenvalue weighted by Gasteiger charge is -2.34. The molecule has 2 aliphatic rings. The molecule has 128 valence electrons. The Labute approximate surface area is 141 Å². The number of hydrogen-bond acceptors (Lipinski definition) is 5. The Morgan fingerprint density at radius 3 is 2.75 bits per heavy atom. The van der Waals surface area contributed by atoms with Crippen molar-refractivity contribution in [1.29, 1.82) is 0 Å². The summed E-state index contributed by atoms with van der Waals surface area (Å²) in [6.07, 6.45) is 8.80. The van der Waals surface area contributed by atoms with Gasteiger partial charge in [-0.25, -0.2) is 4.98 Å². The molecule has 0 unspecified atom stereocenters. The number of carbonyl (C=O) groups is 1. The molecule has 0 aromatic carbocycles. The lowest BCUT2D eigenvalue weighted by Crippen LogP contribution is -2.48. The van der Waals surface area contributed by atoms with Crippen molar-refractivity contribution < 1.29 is 9.21 Å². The second-order valence-corrected chi connectivity index (χ2v) is 6.88. The van der Waals surface area contributed by atoms with Gasteiger partial charge in [-0.15, -0.1) is 0 Å². The number of anilines is 1. The minimum absolute atomic E-state index is 0.306. The van der Waals surface area contributed by atoms with Crippen molar-refractivity contribution >= 4 is 23.2 Å². The number of rotatable bonds is 4. The van der Waals surface area contributed by atoms with Crippen LogP contribution in [0, 0.1) is 5.92 Å². The average Bonchev–Trinajstić information content (AvgIpc) is 3.29. The number of piperazine rings is 1. The van der Waals surface area contributed by atoms with Gasteiger partial charge < -0.3 is 14.2 Å². The maximum Gasteiger partial charge on any atom is 0.300 e. The van der Waals surface area contributed by atoms with Crippen molar-refractivity contribution in [2.45, 2.75) is 38.5 Å². The SMILES string of the molecule is O=C(CCC1CCCC1)N1CCN(c2nc3ncccc3o2)CC1. The van der Waals surface area contributed by atoms with E-state index in [1.54, 1.807) is 6.20 Å². The van der Waals surface area contributed by atoms with Gasteiger partial charge in [-0.2, -0.15) is 4.98 Å². The van der Waals surface area contributed by atoms with E-state index in [-0.39, 0.29) is 0 Å². The van der Waals surface area contributed by atoms with Crippen LogP contribution in [0.2, 0.25) is 0 Å². The van der Waals surface area contributed by atoms with E-state index in [1.165, 1.54) is 25.7 Å². The third kappa shape index (κ3) is 3.23. The third-order valence-corrected chi connectivity index (χ3v) is 5.30. The number of oxazole rings is 1. The Hall–Kier alpha value is -2.11. The topological polar surface area (TPSA) is 62.5 Å². The summed E-state index contributed by atoms with van der Waals surface area (Å²) in [4.78, 5) is 25.1. The molecule has 0 atom stereocenters. The first-order valence-electron chi connectivity index (χ1n) is 9.04. The van der Waals surface area contributed by atoms with Crippen LogP contribution in [-0.2, 0) is 4.79 Å². The fourth-order valence-electron chi connectivity index (χ4n) is 3.82. The maximum absolute atomic E-state index is 12.4. The van der Waals surface area contributed by atoms with Crippen molar-refractivity contribution in [3.8, 4) is 0 Å². The standard InChI is InChI=1S/C18H24N4O2/c23-16(8-7-14-4-1-2-5-14)21-10-12-22(13-11-21)18-20-17-15(24-18)6-3-9-19-17/h3,6,9,14H,1-2,4-5,7-8,10-13H2. The maximum atomic E-state index is 12.4. The highest BCUT2D eigenvalue weighted by atomic mass is 16.4. The molecule has 1 saturated heterocycles. The molecule has 1 amide bonds. The number of amides is 1. The molecule has 0 N–H and O–H groups in total. The van der Waals surface area contributed by atoms with Crippen molar-refractivity contribution in [1.82, 2.24) is 14.9 Å². The summed E-state index contributed by atoms with van der Waals surface area (Å²) in [5.41, 5.74) is 1.35. The minimum Gasteiger partial charge on any atom is -0.422 e. The summed E-state index contributed by atoms with van der Waals surface area (Å²) < 4.78 is 5.77. The third-order valence-electron chi connectivity index (χ3n) is 5.30. The molecular formula is C18H24N4O2. The van der Waals surface area contributed by atoms with Gasteiger partial charge >= 0.3 is 0 Å². The number of aromatic nitrogens is 2. The molecule has 2 aromatic rings. The van der Waals surface area contributed by atoms with Crippen LogP contribution in [0.15, 0.2) is 22.7 Å². The zero-order chi connectivity index (χ0) is 16.4. The number of nitrogens with zero attached hydrogens (tertiary/aromatic N) is 4. The molecule has 2 aromatic heterocycles. The molecular weight excluding hydrogens is 304 g/mol. The van der Waals surface area contributed by atoms with Gasteiger partial charge in [0.25, 0.3) is 6.01 Å². The smallest absolute Gasteiger partial charge is 0.300 e. The summed E-state index contributed by atoms with van der Waals surface area (Å²) >= 11 is 0. The monoisotopic (exact) mass is 328 g/mol. The zero-order valence-corrected chi connectivity index (χ0v) is 14.0. The molecule has 2 fully saturated rings. The highest BCUT2D eigenvalue weighted by Gasteiger charge is 2.25. The number of carbonyl (C=O) groups excluding carboxylic acids is 1. The Morgan fingerprint density at radius 1 is 1.21 bits per heavy atom. The molecule has 0 spiro atoms. The largest absolute Gasteiger partial charge is 0.422 e. The number of fused-ring (bicyclic) bond motifs is 1. The fourth-order valence-corrected chi connectivity index (χ4v) is 3.82. The first-order valence-corrected chi connectivity index (χ1v) is 9.04. The Kier molecular flexibility index (Phi) is 4.36. The van der Waals surface area contributed by atoms with E-state index in [0.29, 0.717) is 29.6 Å². The Balaban J connectivity index is 1.30. The summed E-state index contributed by atoms with van der Waals surface area (Å²) in [6, 6.07) is 4.33. The van der Waals surface area contributed by atoms with Gasteiger partial charge in [-0.3, -0.25) is 4.79 Å². The van der Waals surface area contributed by atoms with Crippen LogP contribution in [0.4, 0.5) is 6.01 Å². The first-order chi connectivity index (χ1) is 11.8. The van der Waals surface area contributed by atoms with E-state index < -0.39 is 0 Å². The predicted molar refractivity (Wildman–Crippen MR) is 91.8 cm³/mol. The lowest BCUT2D eigenvalue weighted by atomic mass is 10.0. The number of hydrogen-bond donors (Lipinski definition) is 0. The van der Waals surface area contributed by atoms with E-state index in [0.717, 1.165) is 38.5 Å². The van der Waals surface area contributed by atoms with E-state index in [9.17, 15) is 4.79 Å².